The molecule has 0 spiro atoms. The van der Waals surface area contributed by atoms with Gasteiger partial charge in [0.05, 0.1) is 14.5 Å². The molecule has 5 nitrogen and oxygen atoms in total. The third kappa shape index (κ3) is 4.87. The van der Waals surface area contributed by atoms with Gasteiger partial charge in [0.15, 0.2) is 11.4 Å². The summed E-state index contributed by atoms with van der Waals surface area (Å²) in [7, 11) is 0. The number of rotatable bonds is 4. The van der Waals surface area contributed by atoms with Gasteiger partial charge < -0.3 is 9.47 Å². The molecule has 0 saturated carbocycles. The van der Waals surface area contributed by atoms with E-state index in [2.05, 4.69) is 36.9 Å². The van der Waals surface area contributed by atoms with Crippen molar-refractivity contribution >= 4 is 55.8 Å². The number of halogens is 3. The van der Waals surface area contributed by atoms with Crippen molar-refractivity contribution in [3.8, 4) is 5.75 Å². The van der Waals surface area contributed by atoms with Gasteiger partial charge in [-0.25, -0.2) is 19.0 Å². The van der Waals surface area contributed by atoms with Crippen LogP contribution >= 0.6 is 31.9 Å². The normalized spacial score (nSPS) is 14.3. The number of aliphatic imine (C=N–C) groups is 1. The summed E-state index contributed by atoms with van der Waals surface area (Å²) in [5.74, 6) is -1.27. The standard InChI is InChI=1S/C24H14Br2FNO4/c1-13-4-2-6-16(8-13)23(29)31-21-18(25)9-14(10-19(21)26)11-20-24(30)32-22(28-20)15-5-3-7-17(27)12-15/h2-12H,1H3/b20-11-. The molecule has 1 aliphatic heterocycles. The molecular formula is C24H14Br2FNO4. The Balaban J connectivity index is 1.60. The Labute approximate surface area is 199 Å². The lowest BCUT2D eigenvalue weighted by molar-refractivity contribution is -0.129. The van der Waals surface area contributed by atoms with Crippen LogP contribution in [0.25, 0.3) is 6.08 Å². The lowest BCUT2D eigenvalue weighted by Crippen LogP contribution is -2.09. The predicted molar refractivity (Wildman–Crippen MR) is 125 cm³/mol. The second kappa shape index (κ2) is 9.18. The fraction of sp³-hybridized carbons (Fsp3) is 0.0417. The third-order valence-electron chi connectivity index (χ3n) is 4.46. The van der Waals surface area contributed by atoms with E-state index in [-0.39, 0.29) is 11.6 Å². The first kappa shape index (κ1) is 22.1. The highest BCUT2D eigenvalue weighted by Gasteiger charge is 2.25. The molecule has 0 aliphatic carbocycles. The Morgan fingerprint density at radius 3 is 2.47 bits per heavy atom. The summed E-state index contributed by atoms with van der Waals surface area (Å²) in [6, 6.07) is 16.1. The summed E-state index contributed by atoms with van der Waals surface area (Å²) >= 11 is 6.81. The molecule has 8 heteroatoms. The van der Waals surface area contributed by atoms with Crippen molar-refractivity contribution in [2.45, 2.75) is 6.92 Å². The van der Waals surface area contributed by atoms with E-state index in [0.29, 0.717) is 31.4 Å². The lowest BCUT2D eigenvalue weighted by atomic mass is 10.1. The first-order chi connectivity index (χ1) is 15.3. The van der Waals surface area contributed by atoms with Crippen LogP contribution in [0.5, 0.6) is 5.75 Å². The average molecular weight is 559 g/mol. The van der Waals surface area contributed by atoms with Crippen LogP contribution in [0.1, 0.15) is 27.0 Å². The maximum Gasteiger partial charge on any atom is 0.363 e. The molecule has 0 unspecified atom stereocenters. The fourth-order valence-corrected chi connectivity index (χ4v) is 4.38. The largest absolute Gasteiger partial charge is 0.421 e. The van der Waals surface area contributed by atoms with Gasteiger partial charge in [-0.3, -0.25) is 0 Å². The number of benzene rings is 3. The number of esters is 2. The van der Waals surface area contributed by atoms with Crippen LogP contribution in [0.3, 0.4) is 0 Å². The second-order valence-corrected chi connectivity index (χ2v) is 8.63. The molecule has 1 aliphatic rings. The number of hydrogen-bond acceptors (Lipinski definition) is 5. The summed E-state index contributed by atoms with van der Waals surface area (Å²) in [6.45, 7) is 1.89. The van der Waals surface area contributed by atoms with E-state index < -0.39 is 17.8 Å². The number of ether oxygens (including phenoxy) is 2. The van der Waals surface area contributed by atoms with Gasteiger partial charge in [-0.1, -0.05) is 23.8 Å². The molecule has 160 valence electrons. The monoisotopic (exact) mass is 557 g/mol. The molecule has 3 aromatic carbocycles. The van der Waals surface area contributed by atoms with E-state index in [4.69, 9.17) is 9.47 Å². The van der Waals surface area contributed by atoms with Crippen molar-refractivity contribution in [3.63, 3.8) is 0 Å². The zero-order valence-corrected chi connectivity index (χ0v) is 19.7. The van der Waals surface area contributed by atoms with Crippen LogP contribution in [0, 0.1) is 12.7 Å². The number of nitrogens with zero attached hydrogens (tertiary/aromatic N) is 1. The van der Waals surface area contributed by atoms with Gasteiger partial charge in [0.25, 0.3) is 0 Å². The number of carbonyl (C=O) groups excluding carboxylic acids is 2. The highest BCUT2D eigenvalue weighted by molar-refractivity contribution is 9.11. The molecule has 0 N–H and O–H groups in total. The SMILES string of the molecule is Cc1cccc(C(=O)Oc2c(Br)cc(/C=C3\N=C(c4cccc(F)c4)OC3=O)cc2Br)c1. The van der Waals surface area contributed by atoms with Crippen LogP contribution in [0.4, 0.5) is 4.39 Å². The number of cyclic esters (lactones) is 1. The molecule has 0 aromatic heterocycles. The van der Waals surface area contributed by atoms with Crippen molar-refractivity contribution in [2.75, 3.05) is 0 Å². The minimum Gasteiger partial charge on any atom is -0.421 e. The molecule has 0 bridgehead atoms. The van der Waals surface area contributed by atoms with Crippen LogP contribution in [0.15, 0.2) is 80.3 Å². The summed E-state index contributed by atoms with van der Waals surface area (Å²) in [5.41, 5.74) is 2.41. The van der Waals surface area contributed by atoms with Crippen molar-refractivity contribution in [1.29, 1.82) is 0 Å². The van der Waals surface area contributed by atoms with Gasteiger partial charge in [0.1, 0.15) is 5.82 Å². The third-order valence-corrected chi connectivity index (χ3v) is 5.64. The van der Waals surface area contributed by atoms with Gasteiger partial charge in [-0.15, -0.1) is 0 Å². The predicted octanol–water partition coefficient (Wildman–Crippen LogP) is 6.22. The zero-order chi connectivity index (χ0) is 22.8. The Bertz CT molecular complexity index is 1290. The van der Waals surface area contributed by atoms with E-state index in [1.807, 2.05) is 13.0 Å². The first-order valence-corrected chi connectivity index (χ1v) is 10.9. The highest BCUT2D eigenvalue weighted by atomic mass is 79.9. The molecule has 1 heterocycles. The molecule has 32 heavy (non-hydrogen) atoms. The van der Waals surface area contributed by atoms with Gasteiger partial charge >= 0.3 is 11.9 Å². The Morgan fingerprint density at radius 1 is 1.06 bits per heavy atom. The minimum atomic E-state index is -0.647. The van der Waals surface area contributed by atoms with Crippen molar-refractivity contribution in [2.24, 2.45) is 4.99 Å². The molecule has 0 atom stereocenters. The maximum atomic E-state index is 13.5. The van der Waals surface area contributed by atoms with Crippen LogP contribution in [-0.2, 0) is 9.53 Å². The van der Waals surface area contributed by atoms with E-state index in [9.17, 15) is 14.0 Å². The fourth-order valence-electron chi connectivity index (χ4n) is 3.00. The zero-order valence-electron chi connectivity index (χ0n) is 16.6. The van der Waals surface area contributed by atoms with Gasteiger partial charge in [0, 0.05) is 5.56 Å². The molecule has 0 radical (unpaired) electrons. The van der Waals surface area contributed by atoms with Crippen molar-refractivity contribution in [3.05, 3.63) is 103 Å². The van der Waals surface area contributed by atoms with E-state index in [0.717, 1.165) is 5.56 Å². The second-order valence-electron chi connectivity index (χ2n) is 6.92. The van der Waals surface area contributed by atoms with Crippen LogP contribution in [-0.4, -0.2) is 17.8 Å². The van der Waals surface area contributed by atoms with Crippen molar-refractivity contribution < 1.29 is 23.5 Å². The highest BCUT2D eigenvalue weighted by Crippen LogP contribution is 2.36. The Hall–Kier alpha value is -3.10. The molecule has 0 saturated heterocycles. The van der Waals surface area contributed by atoms with Gasteiger partial charge in [-0.2, -0.15) is 0 Å². The number of hydrogen-bond donors (Lipinski definition) is 0. The maximum absolute atomic E-state index is 13.5. The smallest absolute Gasteiger partial charge is 0.363 e. The van der Waals surface area contributed by atoms with E-state index in [1.54, 1.807) is 36.4 Å². The van der Waals surface area contributed by atoms with Crippen LogP contribution < -0.4 is 4.74 Å². The summed E-state index contributed by atoms with van der Waals surface area (Å²) in [5, 5.41) is 0. The first-order valence-electron chi connectivity index (χ1n) is 9.36. The van der Waals surface area contributed by atoms with E-state index >= 15 is 0 Å². The molecule has 0 fully saturated rings. The average Bonchev–Trinajstić information content (AvgIpc) is 3.11. The Kier molecular flexibility index (Phi) is 6.34. The summed E-state index contributed by atoms with van der Waals surface area (Å²) in [6.07, 6.45) is 1.52. The topological polar surface area (TPSA) is 65.0 Å². The van der Waals surface area contributed by atoms with E-state index in [1.165, 1.54) is 24.3 Å². The summed E-state index contributed by atoms with van der Waals surface area (Å²) in [4.78, 5) is 28.9. The van der Waals surface area contributed by atoms with Gasteiger partial charge in [-0.05, 0) is 92.9 Å². The number of carbonyl (C=O) groups is 2. The minimum absolute atomic E-state index is 0.0302. The van der Waals surface area contributed by atoms with Crippen molar-refractivity contribution in [1.82, 2.24) is 0 Å². The van der Waals surface area contributed by atoms with Crippen LogP contribution in [0.2, 0.25) is 0 Å². The quantitative estimate of drug-likeness (QED) is 0.216. The lowest BCUT2D eigenvalue weighted by Gasteiger charge is -2.10. The molecular weight excluding hydrogens is 545 g/mol. The Morgan fingerprint density at radius 2 is 1.78 bits per heavy atom. The molecule has 0 amide bonds. The molecule has 4 rings (SSSR count). The summed E-state index contributed by atoms with van der Waals surface area (Å²) < 4.78 is 25.2. The number of aryl methyl sites for hydroxylation is 1. The molecule has 3 aromatic rings. The van der Waals surface area contributed by atoms with Gasteiger partial charge in [0.2, 0.25) is 5.90 Å².